The molecule has 1 saturated heterocycles. The number of amides is 1. The SMILES string of the molecule is CN1CCC(NCC(=O)NCc2ccccc2)C1. The van der Waals surface area contributed by atoms with Gasteiger partial charge in [-0.15, -0.1) is 0 Å². The van der Waals surface area contributed by atoms with Crippen molar-refractivity contribution in [2.24, 2.45) is 0 Å². The molecule has 1 aromatic carbocycles. The quantitative estimate of drug-likeness (QED) is 0.801. The van der Waals surface area contributed by atoms with Crippen LogP contribution in [0.2, 0.25) is 0 Å². The maximum absolute atomic E-state index is 11.7. The van der Waals surface area contributed by atoms with Crippen molar-refractivity contribution in [1.82, 2.24) is 15.5 Å². The monoisotopic (exact) mass is 247 g/mol. The topological polar surface area (TPSA) is 44.4 Å². The number of hydrogen-bond acceptors (Lipinski definition) is 3. The molecule has 18 heavy (non-hydrogen) atoms. The van der Waals surface area contributed by atoms with E-state index in [1.807, 2.05) is 30.3 Å². The van der Waals surface area contributed by atoms with Gasteiger partial charge in [0.25, 0.3) is 0 Å². The Balaban J connectivity index is 1.63. The summed E-state index contributed by atoms with van der Waals surface area (Å²) in [6.07, 6.45) is 1.13. The van der Waals surface area contributed by atoms with Gasteiger partial charge in [0, 0.05) is 19.1 Å². The van der Waals surface area contributed by atoms with Gasteiger partial charge in [0.2, 0.25) is 5.91 Å². The summed E-state index contributed by atoms with van der Waals surface area (Å²) in [4.78, 5) is 13.9. The van der Waals surface area contributed by atoms with E-state index >= 15 is 0 Å². The highest BCUT2D eigenvalue weighted by atomic mass is 16.1. The summed E-state index contributed by atoms with van der Waals surface area (Å²) < 4.78 is 0. The van der Waals surface area contributed by atoms with Crippen molar-refractivity contribution < 1.29 is 4.79 Å². The zero-order chi connectivity index (χ0) is 12.8. The zero-order valence-corrected chi connectivity index (χ0v) is 10.9. The average molecular weight is 247 g/mol. The zero-order valence-electron chi connectivity index (χ0n) is 10.9. The number of likely N-dealkylation sites (tertiary alicyclic amines) is 1. The van der Waals surface area contributed by atoms with Crippen molar-refractivity contribution in [2.75, 3.05) is 26.7 Å². The van der Waals surface area contributed by atoms with Crippen LogP contribution in [-0.4, -0.2) is 43.5 Å². The molecule has 2 N–H and O–H groups in total. The molecule has 0 radical (unpaired) electrons. The lowest BCUT2D eigenvalue weighted by Gasteiger charge is -2.12. The first-order chi connectivity index (χ1) is 8.74. The Morgan fingerprint density at radius 3 is 2.83 bits per heavy atom. The number of rotatable bonds is 5. The summed E-state index contributed by atoms with van der Waals surface area (Å²) in [6.45, 7) is 3.16. The fraction of sp³-hybridized carbons (Fsp3) is 0.500. The first-order valence-corrected chi connectivity index (χ1v) is 6.46. The van der Waals surface area contributed by atoms with Crippen LogP contribution in [0.5, 0.6) is 0 Å². The first kappa shape index (κ1) is 13.1. The highest BCUT2D eigenvalue weighted by Crippen LogP contribution is 2.05. The van der Waals surface area contributed by atoms with Gasteiger partial charge in [-0.2, -0.15) is 0 Å². The fourth-order valence-electron chi connectivity index (χ4n) is 2.20. The predicted octanol–water partition coefficient (Wildman–Crippen LogP) is 0.597. The van der Waals surface area contributed by atoms with E-state index in [9.17, 15) is 4.79 Å². The Hall–Kier alpha value is -1.39. The molecular formula is C14H21N3O. The molecule has 0 aromatic heterocycles. The lowest BCUT2D eigenvalue weighted by molar-refractivity contribution is -0.120. The number of carbonyl (C=O) groups is 1. The molecule has 2 rings (SSSR count). The van der Waals surface area contributed by atoms with E-state index in [0.717, 1.165) is 25.1 Å². The number of hydrogen-bond donors (Lipinski definition) is 2. The average Bonchev–Trinajstić information content (AvgIpc) is 2.81. The number of benzene rings is 1. The van der Waals surface area contributed by atoms with Gasteiger partial charge in [0.15, 0.2) is 0 Å². The van der Waals surface area contributed by atoms with Gasteiger partial charge < -0.3 is 15.5 Å². The summed E-state index contributed by atoms with van der Waals surface area (Å²) >= 11 is 0. The van der Waals surface area contributed by atoms with Crippen molar-refractivity contribution in [3.8, 4) is 0 Å². The third-order valence-corrected chi connectivity index (χ3v) is 3.28. The summed E-state index contributed by atoms with van der Waals surface area (Å²) in [5.41, 5.74) is 1.13. The Morgan fingerprint density at radius 1 is 1.39 bits per heavy atom. The molecular weight excluding hydrogens is 226 g/mol. The Labute approximate surface area is 108 Å². The minimum Gasteiger partial charge on any atom is -0.351 e. The maximum Gasteiger partial charge on any atom is 0.234 e. The van der Waals surface area contributed by atoms with Crippen LogP contribution in [0.15, 0.2) is 30.3 Å². The van der Waals surface area contributed by atoms with Gasteiger partial charge in [-0.25, -0.2) is 0 Å². The summed E-state index contributed by atoms with van der Waals surface area (Å²) in [6, 6.07) is 10.4. The summed E-state index contributed by atoms with van der Waals surface area (Å²) in [5, 5.41) is 6.21. The van der Waals surface area contributed by atoms with Crippen molar-refractivity contribution in [3.63, 3.8) is 0 Å². The van der Waals surface area contributed by atoms with Crippen LogP contribution in [0.4, 0.5) is 0 Å². The van der Waals surface area contributed by atoms with Crippen molar-refractivity contribution in [2.45, 2.75) is 19.0 Å². The molecule has 1 unspecified atom stereocenters. The molecule has 1 atom stereocenters. The van der Waals surface area contributed by atoms with E-state index in [1.165, 1.54) is 0 Å². The van der Waals surface area contributed by atoms with Crippen LogP contribution in [0, 0.1) is 0 Å². The fourth-order valence-corrected chi connectivity index (χ4v) is 2.20. The lowest BCUT2D eigenvalue weighted by Crippen LogP contribution is -2.40. The minimum atomic E-state index is 0.0633. The molecule has 1 fully saturated rings. The van der Waals surface area contributed by atoms with Crippen LogP contribution < -0.4 is 10.6 Å². The molecule has 0 aliphatic carbocycles. The number of likely N-dealkylation sites (N-methyl/N-ethyl adjacent to an activating group) is 1. The van der Waals surface area contributed by atoms with Gasteiger partial charge in [-0.1, -0.05) is 30.3 Å². The van der Waals surface area contributed by atoms with E-state index in [0.29, 0.717) is 19.1 Å². The van der Waals surface area contributed by atoms with E-state index in [4.69, 9.17) is 0 Å². The third-order valence-electron chi connectivity index (χ3n) is 3.28. The molecule has 4 nitrogen and oxygen atoms in total. The van der Waals surface area contributed by atoms with E-state index in [2.05, 4.69) is 22.6 Å². The van der Waals surface area contributed by atoms with Gasteiger partial charge in [0.1, 0.15) is 0 Å². The minimum absolute atomic E-state index is 0.0633. The van der Waals surface area contributed by atoms with E-state index < -0.39 is 0 Å². The van der Waals surface area contributed by atoms with Gasteiger partial charge >= 0.3 is 0 Å². The van der Waals surface area contributed by atoms with Crippen LogP contribution in [0.25, 0.3) is 0 Å². The van der Waals surface area contributed by atoms with Gasteiger partial charge in [-0.05, 0) is 25.6 Å². The lowest BCUT2D eigenvalue weighted by atomic mass is 10.2. The molecule has 98 valence electrons. The second-order valence-corrected chi connectivity index (χ2v) is 4.89. The molecule has 1 aliphatic heterocycles. The first-order valence-electron chi connectivity index (χ1n) is 6.46. The van der Waals surface area contributed by atoms with Crippen LogP contribution >= 0.6 is 0 Å². The van der Waals surface area contributed by atoms with Crippen molar-refractivity contribution in [3.05, 3.63) is 35.9 Å². The van der Waals surface area contributed by atoms with Crippen LogP contribution in [0.1, 0.15) is 12.0 Å². The molecule has 1 aromatic rings. The van der Waals surface area contributed by atoms with Crippen LogP contribution in [-0.2, 0) is 11.3 Å². The Bertz CT molecular complexity index is 380. The third kappa shape index (κ3) is 4.13. The Morgan fingerprint density at radius 2 is 2.17 bits per heavy atom. The summed E-state index contributed by atoms with van der Waals surface area (Å²) in [5.74, 6) is 0.0633. The molecule has 0 bridgehead atoms. The van der Waals surface area contributed by atoms with Crippen LogP contribution in [0.3, 0.4) is 0 Å². The molecule has 0 saturated carbocycles. The standard InChI is InChI=1S/C14H21N3O/c1-17-8-7-13(11-17)15-10-14(18)16-9-12-5-3-2-4-6-12/h2-6,13,15H,7-11H2,1H3,(H,16,18). The van der Waals surface area contributed by atoms with E-state index in [1.54, 1.807) is 0 Å². The second kappa shape index (κ2) is 6.52. The van der Waals surface area contributed by atoms with E-state index in [-0.39, 0.29) is 5.91 Å². The van der Waals surface area contributed by atoms with Gasteiger partial charge in [0.05, 0.1) is 6.54 Å². The number of carbonyl (C=O) groups excluding carboxylic acids is 1. The Kier molecular flexibility index (Phi) is 4.73. The molecule has 0 spiro atoms. The molecule has 1 aliphatic rings. The molecule has 1 amide bonds. The molecule has 4 heteroatoms. The smallest absolute Gasteiger partial charge is 0.234 e. The molecule has 1 heterocycles. The highest BCUT2D eigenvalue weighted by Gasteiger charge is 2.19. The van der Waals surface area contributed by atoms with Crippen molar-refractivity contribution >= 4 is 5.91 Å². The normalized spacial score (nSPS) is 19.9. The maximum atomic E-state index is 11.7. The summed E-state index contributed by atoms with van der Waals surface area (Å²) in [7, 11) is 2.11. The largest absolute Gasteiger partial charge is 0.351 e. The highest BCUT2D eigenvalue weighted by molar-refractivity contribution is 5.78. The predicted molar refractivity (Wildman–Crippen MR) is 72.2 cm³/mol. The number of nitrogens with one attached hydrogen (secondary N) is 2. The van der Waals surface area contributed by atoms with Crippen molar-refractivity contribution in [1.29, 1.82) is 0 Å². The number of nitrogens with zero attached hydrogens (tertiary/aromatic N) is 1. The van der Waals surface area contributed by atoms with Gasteiger partial charge in [-0.3, -0.25) is 4.79 Å². The second-order valence-electron chi connectivity index (χ2n) is 4.89.